The number of aliphatic hydroxyl groups is 1. The Hall–Kier alpha value is -2.85. The number of rotatable bonds is 9. The summed E-state index contributed by atoms with van der Waals surface area (Å²) in [6, 6.07) is 6.82. The fourth-order valence-electron chi connectivity index (χ4n) is 2.52. The van der Waals surface area contributed by atoms with Gasteiger partial charge in [0, 0.05) is 24.3 Å². The van der Waals surface area contributed by atoms with E-state index in [1.165, 1.54) is 24.9 Å². The van der Waals surface area contributed by atoms with E-state index in [1.54, 1.807) is 28.8 Å². The van der Waals surface area contributed by atoms with Crippen LogP contribution in [0, 0.1) is 0 Å². The number of aromatic nitrogens is 2. The molecule has 29 heavy (non-hydrogen) atoms. The summed E-state index contributed by atoms with van der Waals surface area (Å²) in [5.74, 6) is -0.592. The van der Waals surface area contributed by atoms with E-state index in [9.17, 15) is 19.5 Å². The molecule has 1 aromatic carbocycles. The average molecular weight is 420 g/mol. The van der Waals surface area contributed by atoms with Crippen LogP contribution in [0.15, 0.2) is 35.6 Å². The van der Waals surface area contributed by atoms with E-state index in [0.717, 1.165) is 0 Å². The molecule has 0 radical (unpaired) electrons. The maximum absolute atomic E-state index is 12.3. The molecule has 0 saturated carbocycles. The molecule has 0 aliphatic carbocycles. The Morgan fingerprint density at radius 1 is 1.17 bits per heavy atom. The van der Waals surface area contributed by atoms with E-state index in [-0.39, 0.29) is 42.7 Å². The van der Waals surface area contributed by atoms with Gasteiger partial charge in [-0.25, -0.2) is 4.98 Å². The number of hydrogen-bond acceptors (Lipinski definition) is 6. The smallest absolute Gasteiger partial charge is 0.240 e. The molecule has 0 spiro atoms. The molecule has 0 saturated heterocycles. The predicted molar refractivity (Wildman–Crippen MR) is 112 cm³/mol. The van der Waals surface area contributed by atoms with Crippen molar-refractivity contribution in [1.29, 1.82) is 0 Å². The second-order valence-corrected chi connectivity index (χ2v) is 7.54. The lowest BCUT2D eigenvalue weighted by atomic mass is 10.2. The van der Waals surface area contributed by atoms with Crippen molar-refractivity contribution in [1.82, 2.24) is 14.9 Å². The molecule has 9 nitrogen and oxygen atoms in total. The lowest BCUT2D eigenvalue weighted by Gasteiger charge is -2.13. The largest absolute Gasteiger partial charge is 0.390 e. The Bertz CT molecular complexity index is 881. The van der Waals surface area contributed by atoms with Crippen molar-refractivity contribution in [2.75, 3.05) is 16.4 Å². The molecule has 0 bridgehead atoms. The van der Waals surface area contributed by atoms with Crippen LogP contribution in [-0.2, 0) is 27.5 Å². The van der Waals surface area contributed by atoms with E-state index < -0.39 is 0 Å². The van der Waals surface area contributed by atoms with Crippen molar-refractivity contribution in [3.8, 4) is 0 Å². The Kier molecular flexibility index (Phi) is 8.22. The van der Waals surface area contributed by atoms with Gasteiger partial charge in [0.25, 0.3) is 0 Å². The second-order valence-electron chi connectivity index (χ2n) is 6.60. The average Bonchev–Trinajstić information content (AvgIpc) is 3.00. The Morgan fingerprint density at radius 2 is 1.86 bits per heavy atom. The molecule has 3 amide bonds. The first-order valence-electron chi connectivity index (χ1n) is 9.03. The molecule has 1 aromatic heterocycles. The number of anilines is 2. The summed E-state index contributed by atoms with van der Waals surface area (Å²) in [7, 11) is 0. The Labute approximate surface area is 173 Å². The van der Waals surface area contributed by atoms with Crippen LogP contribution in [0.25, 0.3) is 0 Å². The minimum Gasteiger partial charge on any atom is -0.390 e. The lowest BCUT2D eigenvalue weighted by Crippen LogP contribution is -2.33. The van der Waals surface area contributed by atoms with Crippen LogP contribution in [0.2, 0.25) is 0 Å². The van der Waals surface area contributed by atoms with Crippen LogP contribution in [-0.4, -0.2) is 44.2 Å². The zero-order valence-corrected chi connectivity index (χ0v) is 17.4. The first-order chi connectivity index (χ1) is 13.8. The molecular weight excluding hydrogens is 394 g/mol. The van der Waals surface area contributed by atoms with Crippen molar-refractivity contribution in [3.05, 3.63) is 36.2 Å². The molecule has 156 valence electrons. The minimum atomic E-state index is -0.262. The van der Waals surface area contributed by atoms with Crippen LogP contribution >= 0.6 is 11.8 Å². The fraction of sp³-hybridized carbons (Fsp3) is 0.368. The summed E-state index contributed by atoms with van der Waals surface area (Å²) < 4.78 is 1.59. The minimum absolute atomic E-state index is 0.00117. The quantitative estimate of drug-likeness (QED) is 0.458. The number of benzene rings is 1. The molecule has 0 aliphatic rings. The third-order valence-electron chi connectivity index (χ3n) is 3.61. The third kappa shape index (κ3) is 7.24. The molecule has 0 aliphatic heterocycles. The summed E-state index contributed by atoms with van der Waals surface area (Å²) >= 11 is 1.17. The Morgan fingerprint density at radius 3 is 2.48 bits per heavy atom. The number of amides is 3. The summed E-state index contributed by atoms with van der Waals surface area (Å²) in [5.41, 5.74) is 1.63. The van der Waals surface area contributed by atoms with Crippen molar-refractivity contribution in [3.63, 3.8) is 0 Å². The summed E-state index contributed by atoms with van der Waals surface area (Å²) in [4.78, 5) is 39.7. The number of aliphatic hydroxyl groups excluding tert-OH is 1. The highest BCUT2D eigenvalue weighted by Crippen LogP contribution is 2.20. The highest BCUT2D eigenvalue weighted by Gasteiger charge is 2.15. The molecule has 1 heterocycles. The zero-order chi connectivity index (χ0) is 21.4. The summed E-state index contributed by atoms with van der Waals surface area (Å²) in [5, 5.41) is 18.1. The lowest BCUT2D eigenvalue weighted by molar-refractivity contribution is -0.122. The molecule has 0 unspecified atom stereocenters. The second kappa shape index (κ2) is 10.6. The molecule has 0 fully saturated rings. The van der Waals surface area contributed by atoms with E-state index in [2.05, 4.69) is 20.9 Å². The van der Waals surface area contributed by atoms with Gasteiger partial charge in [0.05, 0.1) is 24.3 Å². The van der Waals surface area contributed by atoms with Gasteiger partial charge >= 0.3 is 0 Å². The van der Waals surface area contributed by atoms with Gasteiger partial charge < -0.3 is 25.6 Å². The maximum atomic E-state index is 12.3. The molecule has 0 atom stereocenters. The van der Waals surface area contributed by atoms with Gasteiger partial charge in [-0.05, 0) is 32.0 Å². The number of thioether (sulfide) groups is 1. The number of carbonyl (C=O) groups excluding carboxylic acids is 3. The van der Waals surface area contributed by atoms with Gasteiger partial charge in [-0.3, -0.25) is 14.4 Å². The van der Waals surface area contributed by atoms with Crippen LogP contribution in [0.1, 0.15) is 26.5 Å². The predicted octanol–water partition coefficient (Wildman–Crippen LogP) is 1.59. The highest BCUT2D eigenvalue weighted by molar-refractivity contribution is 7.99. The number of nitrogens with one attached hydrogen (secondary N) is 3. The fourth-order valence-corrected chi connectivity index (χ4v) is 3.32. The normalized spacial score (nSPS) is 10.7. The van der Waals surface area contributed by atoms with Crippen molar-refractivity contribution >= 4 is 40.9 Å². The topological polar surface area (TPSA) is 125 Å². The van der Waals surface area contributed by atoms with Crippen molar-refractivity contribution in [2.45, 2.75) is 45.1 Å². The standard InChI is InChI=1S/C19H25N5O4S/c1-12(2)21-17(27)9-24-16(10-25)8-20-19(24)29-11-18(28)23-15-6-4-5-14(7-15)22-13(3)26/h4-8,12,25H,9-11H2,1-3H3,(H,21,27)(H,22,26)(H,23,28). The molecule has 10 heteroatoms. The van der Waals surface area contributed by atoms with Gasteiger partial charge in [0.1, 0.15) is 6.54 Å². The first-order valence-corrected chi connectivity index (χ1v) is 10.0. The molecular formula is C19H25N5O4S. The summed E-state index contributed by atoms with van der Waals surface area (Å²) in [6.45, 7) is 4.88. The van der Waals surface area contributed by atoms with E-state index >= 15 is 0 Å². The first kappa shape index (κ1) is 22.4. The number of imidazole rings is 1. The van der Waals surface area contributed by atoms with Gasteiger partial charge in [-0.2, -0.15) is 0 Å². The molecule has 2 aromatic rings. The molecule has 2 rings (SSSR count). The van der Waals surface area contributed by atoms with E-state index in [1.807, 2.05) is 13.8 Å². The van der Waals surface area contributed by atoms with Crippen molar-refractivity contribution in [2.24, 2.45) is 0 Å². The third-order valence-corrected chi connectivity index (χ3v) is 4.60. The van der Waals surface area contributed by atoms with Crippen LogP contribution in [0.3, 0.4) is 0 Å². The molecule has 4 N–H and O–H groups in total. The number of hydrogen-bond donors (Lipinski definition) is 4. The van der Waals surface area contributed by atoms with Gasteiger partial charge in [-0.15, -0.1) is 0 Å². The number of nitrogens with zero attached hydrogens (tertiary/aromatic N) is 2. The van der Waals surface area contributed by atoms with Gasteiger partial charge in [0.2, 0.25) is 17.7 Å². The number of carbonyl (C=O) groups is 3. The van der Waals surface area contributed by atoms with E-state index in [0.29, 0.717) is 22.2 Å². The maximum Gasteiger partial charge on any atom is 0.240 e. The van der Waals surface area contributed by atoms with Gasteiger partial charge in [-0.1, -0.05) is 17.8 Å². The van der Waals surface area contributed by atoms with Crippen molar-refractivity contribution < 1.29 is 19.5 Å². The van der Waals surface area contributed by atoms with Crippen LogP contribution < -0.4 is 16.0 Å². The zero-order valence-electron chi connectivity index (χ0n) is 16.6. The Balaban J connectivity index is 1.99. The summed E-state index contributed by atoms with van der Waals surface area (Å²) in [6.07, 6.45) is 1.49. The van der Waals surface area contributed by atoms with Gasteiger partial charge in [0.15, 0.2) is 5.16 Å². The van der Waals surface area contributed by atoms with Crippen LogP contribution in [0.4, 0.5) is 11.4 Å². The monoisotopic (exact) mass is 419 g/mol. The highest BCUT2D eigenvalue weighted by atomic mass is 32.2. The SMILES string of the molecule is CC(=O)Nc1cccc(NC(=O)CSc2ncc(CO)n2CC(=O)NC(C)C)c1. The van der Waals surface area contributed by atoms with E-state index in [4.69, 9.17) is 0 Å². The van der Waals surface area contributed by atoms with Crippen LogP contribution in [0.5, 0.6) is 0 Å².